The second kappa shape index (κ2) is 12.1. The summed E-state index contributed by atoms with van der Waals surface area (Å²) in [6.07, 6.45) is -10.7. The Morgan fingerprint density at radius 1 is 0.806 bits per heavy atom. The van der Waals surface area contributed by atoms with Crippen molar-refractivity contribution < 1.29 is 44.5 Å². The number of likely N-dealkylation sites (N-methyl/N-ethyl adjacent to an activating group) is 1. The summed E-state index contributed by atoms with van der Waals surface area (Å²) in [7, 11) is 3.67. The molecule has 0 radical (unpaired) electrons. The smallest absolute Gasteiger partial charge is 0.187 e. The van der Waals surface area contributed by atoms with Gasteiger partial charge in [0, 0.05) is 12.1 Å². The third-order valence-electron chi connectivity index (χ3n) is 8.14. The fourth-order valence-corrected chi connectivity index (χ4v) is 5.44. The Morgan fingerprint density at radius 2 is 1.36 bits per heavy atom. The van der Waals surface area contributed by atoms with E-state index in [1.165, 1.54) is 0 Å². The van der Waals surface area contributed by atoms with E-state index in [0.29, 0.717) is 12.8 Å². The quantitative estimate of drug-likeness (QED) is 0.181. The van der Waals surface area contributed by atoms with Crippen LogP contribution >= 0.6 is 0 Å². The van der Waals surface area contributed by atoms with Crippen LogP contribution in [0.4, 0.5) is 0 Å². The van der Waals surface area contributed by atoms with Crippen LogP contribution in [-0.4, -0.2) is 130 Å². The first kappa shape index (κ1) is 30.1. The van der Waals surface area contributed by atoms with E-state index in [0.717, 1.165) is 0 Å². The second-order valence-corrected chi connectivity index (χ2v) is 11.2. The van der Waals surface area contributed by atoms with E-state index < -0.39 is 79.6 Å². The van der Waals surface area contributed by atoms with Crippen LogP contribution in [0.15, 0.2) is 0 Å². The lowest BCUT2D eigenvalue weighted by molar-refractivity contribution is -0.314. The van der Waals surface area contributed by atoms with Crippen molar-refractivity contribution in [3.8, 4) is 0 Å². The summed E-state index contributed by atoms with van der Waals surface area (Å²) in [5.41, 5.74) is 12.6. The monoisotopic (exact) mass is 521 g/mol. The maximum absolute atomic E-state index is 11.2. The van der Waals surface area contributed by atoms with Gasteiger partial charge in [0.15, 0.2) is 12.6 Å². The van der Waals surface area contributed by atoms with Crippen LogP contribution in [0, 0.1) is 11.8 Å². The van der Waals surface area contributed by atoms with Crippen molar-refractivity contribution in [3.05, 3.63) is 0 Å². The molecule has 0 aromatic rings. The van der Waals surface area contributed by atoms with Crippen molar-refractivity contribution >= 4 is 0 Å². The lowest BCUT2D eigenvalue weighted by Crippen LogP contribution is -2.66. The Morgan fingerprint density at radius 3 is 1.92 bits per heavy atom. The maximum atomic E-state index is 11.2. The van der Waals surface area contributed by atoms with Crippen molar-refractivity contribution in [2.75, 3.05) is 14.1 Å². The Labute approximate surface area is 213 Å². The summed E-state index contributed by atoms with van der Waals surface area (Å²) in [5, 5.41) is 53.4. The average Bonchev–Trinajstić information content (AvgIpc) is 3.10. The Hall–Kier alpha value is -0.480. The third-order valence-corrected chi connectivity index (χ3v) is 8.14. The predicted molar refractivity (Wildman–Crippen MR) is 129 cm³/mol. The van der Waals surface area contributed by atoms with E-state index in [9.17, 15) is 25.5 Å². The lowest BCUT2D eigenvalue weighted by Gasteiger charge is -2.48. The highest BCUT2D eigenvalue weighted by Crippen LogP contribution is 2.36. The summed E-state index contributed by atoms with van der Waals surface area (Å²) in [6, 6.07) is -1.86. The van der Waals surface area contributed by atoms with Gasteiger partial charge in [-0.05, 0) is 39.3 Å². The van der Waals surface area contributed by atoms with E-state index in [-0.39, 0.29) is 17.9 Å². The molecule has 2 saturated heterocycles. The molecule has 2 heterocycles. The number of nitrogens with two attached hydrogens (primary N) is 2. The summed E-state index contributed by atoms with van der Waals surface area (Å²) in [4.78, 5) is 1.86. The van der Waals surface area contributed by atoms with Crippen LogP contribution in [0.3, 0.4) is 0 Å². The molecule has 36 heavy (non-hydrogen) atoms. The molecular weight excluding hydrogens is 474 g/mol. The van der Waals surface area contributed by atoms with E-state index in [4.69, 9.17) is 30.4 Å². The highest BCUT2D eigenvalue weighted by molar-refractivity contribution is 5.00. The van der Waals surface area contributed by atoms with Gasteiger partial charge in [-0.25, -0.2) is 0 Å². The first-order valence-electron chi connectivity index (χ1n) is 13.0. The van der Waals surface area contributed by atoms with Crippen LogP contribution in [-0.2, 0) is 18.9 Å². The summed E-state index contributed by atoms with van der Waals surface area (Å²) < 4.78 is 24.1. The first-order valence-corrected chi connectivity index (χ1v) is 13.0. The normalized spacial score (nSPS) is 49.1. The number of aliphatic hydroxyl groups is 5. The zero-order valence-electron chi connectivity index (χ0n) is 22.1. The molecular formula is C24H47N3O9. The number of aliphatic hydroxyl groups excluding tert-OH is 5. The molecule has 3 rings (SSSR count). The fourth-order valence-electron chi connectivity index (χ4n) is 5.44. The molecule has 12 heteroatoms. The molecule has 0 spiro atoms. The van der Waals surface area contributed by atoms with Crippen LogP contribution in [0.5, 0.6) is 0 Å². The standard InChI is InChI=1S/C24H47N3O9/c1-7-11-8-12(25)21(35-23-13(26)15(29)16(30)19(33-23)9(2)3)22(14(11)28)36-24-18(32)17(31)20(34-24)10(4)27(5)6/h9-24,28-32H,7-8,25-26H2,1-6H3/t10-,11+,12?,13?,14?,15+,16-,17+,18?,19?,20+,21+,22+,23+,24-/m0/s1. The highest BCUT2D eigenvalue weighted by atomic mass is 16.7. The van der Waals surface area contributed by atoms with E-state index in [2.05, 4.69) is 0 Å². The molecule has 212 valence electrons. The zero-order valence-corrected chi connectivity index (χ0v) is 22.1. The molecule has 2 aliphatic heterocycles. The molecule has 1 aliphatic carbocycles. The van der Waals surface area contributed by atoms with Gasteiger partial charge in [-0.15, -0.1) is 0 Å². The Balaban J connectivity index is 1.82. The van der Waals surface area contributed by atoms with Crippen LogP contribution in [0.25, 0.3) is 0 Å². The van der Waals surface area contributed by atoms with Gasteiger partial charge in [0.1, 0.15) is 42.7 Å². The van der Waals surface area contributed by atoms with Gasteiger partial charge in [0.2, 0.25) is 0 Å². The number of rotatable bonds is 8. The SMILES string of the molecule is CC[C@@H]1CC(N)[C@@H](O[C@H]2OC(C(C)C)[C@@H](O)[C@H](O)C2N)[C@H](O[C@@H]2O[C@H]([C@H](C)N(C)C)[C@H](O)C2O)C1O. The lowest BCUT2D eigenvalue weighted by atomic mass is 9.78. The molecule has 12 nitrogen and oxygen atoms in total. The predicted octanol–water partition coefficient (Wildman–Crippen LogP) is -2.30. The number of hydrogen-bond acceptors (Lipinski definition) is 12. The molecule has 15 atom stereocenters. The van der Waals surface area contributed by atoms with E-state index in [1.807, 2.05) is 46.7 Å². The fraction of sp³-hybridized carbons (Fsp3) is 1.00. The molecule has 5 unspecified atom stereocenters. The van der Waals surface area contributed by atoms with Crippen molar-refractivity contribution in [1.82, 2.24) is 4.90 Å². The summed E-state index contributed by atoms with van der Waals surface area (Å²) in [5.74, 6) is -0.323. The minimum Gasteiger partial charge on any atom is -0.390 e. The molecule has 9 N–H and O–H groups in total. The maximum Gasteiger partial charge on any atom is 0.187 e. The largest absolute Gasteiger partial charge is 0.390 e. The summed E-state index contributed by atoms with van der Waals surface area (Å²) in [6.45, 7) is 7.48. The van der Waals surface area contributed by atoms with Gasteiger partial charge < -0.3 is 60.8 Å². The van der Waals surface area contributed by atoms with Gasteiger partial charge in [0.25, 0.3) is 0 Å². The average molecular weight is 522 g/mol. The van der Waals surface area contributed by atoms with Crippen molar-refractivity contribution in [2.24, 2.45) is 23.3 Å². The molecule has 1 saturated carbocycles. The van der Waals surface area contributed by atoms with Gasteiger partial charge >= 0.3 is 0 Å². The molecule has 3 aliphatic rings. The molecule has 0 aromatic heterocycles. The number of ether oxygens (including phenoxy) is 4. The van der Waals surface area contributed by atoms with Crippen LogP contribution in [0.1, 0.15) is 40.5 Å². The van der Waals surface area contributed by atoms with E-state index >= 15 is 0 Å². The van der Waals surface area contributed by atoms with Gasteiger partial charge in [0.05, 0.1) is 18.2 Å². The molecule has 0 bridgehead atoms. The van der Waals surface area contributed by atoms with Crippen molar-refractivity contribution in [3.63, 3.8) is 0 Å². The number of nitrogens with zero attached hydrogens (tertiary/aromatic N) is 1. The van der Waals surface area contributed by atoms with Crippen LogP contribution in [0.2, 0.25) is 0 Å². The summed E-state index contributed by atoms with van der Waals surface area (Å²) >= 11 is 0. The zero-order chi connectivity index (χ0) is 27.1. The van der Waals surface area contributed by atoms with Crippen molar-refractivity contribution in [1.29, 1.82) is 0 Å². The Bertz CT molecular complexity index is 704. The van der Waals surface area contributed by atoms with Gasteiger partial charge in [-0.2, -0.15) is 0 Å². The van der Waals surface area contributed by atoms with E-state index in [1.54, 1.807) is 0 Å². The molecule has 3 fully saturated rings. The minimum absolute atomic E-state index is 0.130. The van der Waals surface area contributed by atoms with Crippen LogP contribution < -0.4 is 11.5 Å². The molecule has 0 aromatic carbocycles. The third kappa shape index (κ3) is 5.90. The second-order valence-electron chi connectivity index (χ2n) is 11.2. The Kier molecular flexibility index (Phi) is 10.1. The minimum atomic E-state index is -1.35. The highest BCUT2D eigenvalue weighted by Gasteiger charge is 2.53. The number of hydrogen-bond donors (Lipinski definition) is 7. The van der Waals surface area contributed by atoms with Gasteiger partial charge in [-0.1, -0.05) is 27.2 Å². The topological polar surface area (TPSA) is 193 Å². The molecule has 0 amide bonds. The van der Waals surface area contributed by atoms with Crippen molar-refractivity contribution in [2.45, 2.75) is 126 Å². The van der Waals surface area contributed by atoms with Gasteiger partial charge in [-0.3, -0.25) is 0 Å². The first-order chi connectivity index (χ1) is 16.8.